The summed E-state index contributed by atoms with van der Waals surface area (Å²) in [6.07, 6.45) is 2.48. The van der Waals surface area contributed by atoms with Crippen LogP contribution in [-0.4, -0.2) is 47.2 Å². The molecule has 1 unspecified atom stereocenters. The zero-order valence-electron chi connectivity index (χ0n) is 13.2. The van der Waals surface area contributed by atoms with Crippen molar-refractivity contribution < 1.29 is 19.4 Å². The fourth-order valence-electron chi connectivity index (χ4n) is 2.41. The number of carbonyl (C=O) groups is 1. The molecule has 2 aromatic rings. The molecule has 8 heteroatoms. The van der Waals surface area contributed by atoms with Crippen LogP contribution in [-0.2, 0) is 11.3 Å². The Labute approximate surface area is 138 Å². The smallest absolute Gasteiger partial charge is 0.337 e. The average molecular weight is 330 g/mol. The van der Waals surface area contributed by atoms with Gasteiger partial charge < -0.3 is 24.5 Å². The highest BCUT2D eigenvalue weighted by Crippen LogP contribution is 2.23. The van der Waals surface area contributed by atoms with E-state index in [2.05, 4.69) is 20.0 Å². The van der Waals surface area contributed by atoms with Gasteiger partial charge in [0.2, 0.25) is 0 Å². The Morgan fingerprint density at radius 1 is 1.50 bits per heavy atom. The average Bonchev–Trinajstić information content (AvgIpc) is 2.91. The van der Waals surface area contributed by atoms with Crippen LogP contribution in [0.1, 0.15) is 22.2 Å². The molecule has 1 aromatic carbocycles. The van der Waals surface area contributed by atoms with Gasteiger partial charge in [0.05, 0.1) is 38.4 Å². The zero-order chi connectivity index (χ0) is 16.9. The van der Waals surface area contributed by atoms with Gasteiger partial charge in [0.25, 0.3) is 0 Å². The minimum absolute atomic E-state index is 0.286. The highest BCUT2D eigenvalue weighted by atomic mass is 16.5. The van der Waals surface area contributed by atoms with E-state index in [0.29, 0.717) is 36.0 Å². The van der Waals surface area contributed by atoms with Crippen molar-refractivity contribution in [1.29, 1.82) is 0 Å². The number of rotatable bonds is 5. The van der Waals surface area contributed by atoms with Crippen molar-refractivity contribution in [1.82, 2.24) is 9.55 Å². The molecule has 0 spiro atoms. The van der Waals surface area contributed by atoms with E-state index < -0.39 is 12.1 Å². The SMILES string of the molecule is COC(=O)c1cccc(OCCn2cnc3c2NC=NCC3O)c1. The number of aliphatic imine (C=N–C) groups is 1. The van der Waals surface area contributed by atoms with Crippen molar-refractivity contribution in [3.8, 4) is 5.75 Å². The number of hydrogen-bond donors (Lipinski definition) is 2. The van der Waals surface area contributed by atoms with Crippen LogP contribution < -0.4 is 10.1 Å². The van der Waals surface area contributed by atoms with E-state index in [0.717, 1.165) is 0 Å². The number of fused-ring (bicyclic) bond motifs is 1. The number of methoxy groups -OCH3 is 1. The zero-order valence-corrected chi connectivity index (χ0v) is 13.2. The Morgan fingerprint density at radius 2 is 2.38 bits per heavy atom. The van der Waals surface area contributed by atoms with Crippen LogP contribution in [0.4, 0.5) is 5.82 Å². The van der Waals surface area contributed by atoms with Gasteiger partial charge in [-0.3, -0.25) is 4.99 Å². The molecule has 2 heterocycles. The molecule has 0 radical (unpaired) electrons. The van der Waals surface area contributed by atoms with Gasteiger partial charge in [0.1, 0.15) is 30.0 Å². The van der Waals surface area contributed by atoms with E-state index in [1.54, 1.807) is 36.9 Å². The predicted molar refractivity (Wildman–Crippen MR) is 87.4 cm³/mol. The van der Waals surface area contributed by atoms with E-state index in [4.69, 9.17) is 4.74 Å². The van der Waals surface area contributed by atoms with E-state index >= 15 is 0 Å². The highest BCUT2D eigenvalue weighted by Gasteiger charge is 2.19. The van der Waals surface area contributed by atoms with Crippen molar-refractivity contribution >= 4 is 18.1 Å². The summed E-state index contributed by atoms with van der Waals surface area (Å²) >= 11 is 0. The van der Waals surface area contributed by atoms with Gasteiger partial charge in [-0.25, -0.2) is 9.78 Å². The Balaban J connectivity index is 1.63. The number of ether oxygens (including phenoxy) is 2. The highest BCUT2D eigenvalue weighted by molar-refractivity contribution is 5.89. The van der Waals surface area contributed by atoms with Crippen LogP contribution in [0, 0.1) is 0 Å². The van der Waals surface area contributed by atoms with Gasteiger partial charge in [0, 0.05) is 0 Å². The molecule has 1 aliphatic heterocycles. The minimum Gasteiger partial charge on any atom is -0.492 e. The molecule has 2 N–H and O–H groups in total. The Bertz CT molecular complexity index is 756. The minimum atomic E-state index is -0.717. The fraction of sp³-hybridized carbons (Fsp3) is 0.312. The Kier molecular flexibility index (Phi) is 4.76. The van der Waals surface area contributed by atoms with Crippen LogP contribution >= 0.6 is 0 Å². The summed E-state index contributed by atoms with van der Waals surface area (Å²) in [5, 5.41) is 13.0. The molecule has 126 valence electrons. The van der Waals surface area contributed by atoms with Crippen LogP contribution in [0.2, 0.25) is 0 Å². The number of carbonyl (C=O) groups excluding carboxylic acids is 1. The summed E-state index contributed by atoms with van der Waals surface area (Å²) < 4.78 is 12.2. The number of aliphatic hydroxyl groups excluding tert-OH is 1. The van der Waals surface area contributed by atoms with E-state index in [-0.39, 0.29) is 6.54 Å². The van der Waals surface area contributed by atoms with Gasteiger partial charge in [-0.15, -0.1) is 0 Å². The fourth-order valence-corrected chi connectivity index (χ4v) is 2.41. The first-order valence-corrected chi connectivity index (χ1v) is 7.48. The molecule has 0 saturated carbocycles. The number of anilines is 1. The molecule has 1 aromatic heterocycles. The number of aromatic nitrogens is 2. The monoisotopic (exact) mass is 330 g/mol. The molecule has 24 heavy (non-hydrogen) atoms. The number of esters is 1. The lowest BCUT2D eigenvalue weighted by Gasteiger charge is -2.11. The molecule has 1 atom stereocenters. The topological polar surface area (TPSA) is 98.0 Å². The van der Waals surface area contributed by atoms with Gasteiger partial charge in [0.15, 0.2) is 0 Å². The Hall–Kier alpha value is -2.87. The Morgan fingerprint density at radius 3 is 3.21 bits per heavy atom. The van der Waals surface area contributed by atoms with Gasteiger partial charge in [-0.05, 0) is 18.2 Å². The van der Waals surface area contributed by atoms with Crippen molar-refractivity contribution in [2.24, 2.45) is 4.99 Å². The van der Waals surface area contributed by atoms with Crippen molar-refractivity contribution in [2.75, 3.05) is 25.6 Å². The van der Waals surface area contributed by atoms with Crippen molar-refractivity contribution in [3.05, 3.63) is 41.9 Å². The maximum atomic E-state index is 11.5. The molecule has 0 fully saturated rings. The number of hydrogen-bond acceptors (Lipinski definition) is 7. The molecule has 8 nitrogen and oxygen atoms in total. The van der Waals surface area contributed by atoms with E-state index in [1.165, 1.54) is 7.11 Å². The third-order valence-corrected chi connectivity index (χ3v) is 3.61. The van der Waals surface area contributed by atoms with E-state index in [9.17, 15) is 9.90 Å². The lowest BCUT2D eigenvalue weighted by molar-refractivity contribution is 0.0600. The molecule has 1 aliphatic rings. The summed E-state index contributed by atoms with van der Waals surface area (Å²) in [6, 6.07) is 6.81. The lowest BCUT2D eigenvalue weighted by atomic mass is 10.2. The number of nitrogens with one attached hydrogen (secondary N) is 1. The summed E-state index contributed by atoms with van der Waals surface area (Å²) in [5.74, 6) is 0.882. The first kappa shape index (κ1) is 16.0. The third-order valence-electron chi connectivity index (χ3n) is 3.61. The van der Waals surface area contributed by atoms with Gasteiger partial charge in [-0.1, -0.05) is 6.07 Å². The van der Waals surface area contributed by atoms with Crippen molar-refractivity contribution in [2.45, 2.75) is 12.6 Å². The van der Waals surface area contributed by atoms with Gasteiger partial charge in [-0.2, -0.15) is 0 Å². The summed E-state index contributed by atoms with van der Waals surface area (Å²) in [6.45, 7) is 1.19. The second-order valence-corrected chi connectivity index (χ2v) is 5.19. The van der Waals surface area contributed by atoms with Crippen molar-refractivity contribution in [3.63, 3.8) is 0 Å². The lowest BCUT2D eigenvalue weighted by Crippen LogP contribution is -2.11. The first-order valence-electron chi connectivity index (χ1n) is 7.48. The van der Waals surface area contributed by atoms with Gasteiger partial charge >= 0.3 is 5.97 Å². The molecule has 0 amide bonds. The summed E-state index contributed by atoms with van der Waals surface area (Å²) in [5.41, 5.74) is 1.01. The number of imidazole rings is 1. The first-order chi connectivity index (χ1) is 11.7. The number of aliphatic hydroxyl groups is 1. The van der Waals surface area contributed by atoms with Crippen LogP contribution in [0.5, 0.6) is 5.75 Å². The van der Waals surface area contributed by atoms with Crippen LogP contribution in [0.3, 0.4) is 0 Å². The maximum Gasteiger partial charge on any atom is 0.337 e. The predicted octanol–water partition coefficient (Wildman–Crippen LogP) is 1.24. The number of nitrogens with zero attached hydrogens (tertiary/aromatic N) is 3. The van der Waals surface area contributed by atoms with Crippen LogP contribution in [0.25, 0.3) is 0 Å². The second-order valence-electron chi connectivity index (χ2n) is 5.19. The maximum absolute atomic E-state index is 11.5. The molecule has 0 aliphatic carbocycles. The molecular weight excluding hydrogens is 312 g/mol. The molecule has 0 bridgehead atoms. The summed E-state index contributed by atoms with van der Waals surface area (Å²) in [7, 11) is 1.34. The normalized spacial score (nSPS) is 16.0. The second kappa shape index (κ2) is 7.14. The molecule has 3 rings (SSSR count). The number of benzene rings is 1. The standard InChI is InChI=1S/C16H18N4O4/c1-23-16(22)11-3-2-4-12(7-11)24-6-5-20-10-19-14-13(21)8-17-9-18-15(14)20/h2-4,7,9-10,13,21H,5-6,8H2,1H3,(H,17,18). The summed E-state index contributed by atoms with van der Waals surface area (Å²) in [4.78, 5) is 19.8. The quantitative estimate of drug-likeness (QED) is 0.800. The largest absolute Gasteiger partial charge is 0.492 e. The molecule has 0 saturated heterocycles. The third kappa shape index (κ3) is 3.38. The van der Waals surface area contributed by atoms with E-state index in [1.807, 2.05) is 4.57 Å². The molecular formula is C16H18N4O4. The van der Waals surface area contributed by atoms with Crippen LogP contribution in [0.15, 0.2) is 35.6 Å².